The highest BCUT2D eigenvalue weighted by molar-refractivity contribution is 7.09. The van der Waals surface area contributed by atoms with E-state index in [4.69, 9.17) is 0 Å². The molecule has 0 unspecified atom stereocenters. The van der Waals surface area contributed by atoms with Gasteiger partial charge in [-0.15, -0.1) is 11.3 Å². The quantitative estimate of drug-likeness (QED) is 0.784. The highest BCUT2D eigenvalue weighted by atomic mass is 32.1. The van der Waals surface area contributed by atoms with Gasteiger partial charge in [0.1, 0.15) is 5.01 Å². The molecule has 4 rings (SSSR count). The molecular formula is C17H18N2S. The van der Waals surface area contributed by atoms with Gasteiger partial charge in [-0.2, -0.15) is 0 Å². The molecule has 2 nitrogen and oxygen atoms in total. The minimum Gasteiger partial charge on any atom is -0.280 e. The van der Waals surface area contributed by atoms with E-state index in [1.165, 1.54) is 17.0 Å². The van der Waals surface area contributed by atoms with Crippen LogP contribution in [-0.4, -0.2) is 15.9 Å². The number of likely N-dealkylation sites (tertiary alicyclic amines) is 1. The Labute approximate surface area is 123 Å². The van der Waals surface area contributed by atoms with Crippen LogP contribution in [0.25, 0.3) is 0 Å². The Morgan fingerprint density at radius 1 is 1.25 bits per heavy atom. The predicted molar refractivity (Wildman–Crippen MR) is 82.6 cm³/mol. The summed E-state index contributed by atoms with van der Waals surface area (Å²) in [4.78, 5) is 7.24. The van der Waals surface area contributed by atoms with Crippen LogP contribution in [0.1, 0.15) is 36.0 Å². The molecule has 1 aromatic heterocycles. The molecule has 4 atom stereocenters. The summed E-state index contributed by atoms with van der Waals surface area (Å²) in [6.07, 6.45) is 7.96. The lowest BCUT2D eigenvalue weighted by Crippen LogP contribution is -2.35. The number of rotatable bonds is 3. The largest absolute Gasteiger partial charge is 0.280 e. The van der Waals surface area contributed by atoms with Crippen LogP contribution in [0.15, 0.2) is 54.1 Å². The second-order valence-electron chi connectivity index (χ2n) is 5.70. The average molecular weight is 282 g/mol. The summed E-state index contributed by atoms with van der Waals surface area (Å²) in [7, 11) is 0. The molecule has 0 saturated carbocycles. The zero-order valence-corrected chi connectivity index (χ0v) is 12.3. The van der Waals surface area contributed by atoms with Gasteiger partial charge in [0.05, 0.1) is 6.04 Å². The zero-order chi connectivity index (χ0) is 13.5. The van der Waals surface area contributed by atoms with Crippen LogP contribution < -0.4 is 0 Å². The summed E-state index contributed by atoms with van der Waals surface area (Å²) in [6.45, 7) is 2.32. The Morgan fingerprint density at radius 2 is 2.10 bits per heavy atom. The van der Waals surface area contributed by atoms with E-state index < -0.39 is 0 Å². The summed E-state index contributed by atoms with van der Waals surface area (Å²) < 4.78 is 0. The Bertz CT molecular complexity index is 605. The monoisotopic (exact) mass is 282 g/mol. The molecular weight excluding hydrogens is 264 g/mol. The van der Waals surface area contributed by atoms with Crippen LogP contribution in [-0.2, 0) is 0 Å². The molecule has 1 saturated heterocycles. The smallest absolute Gasteiger partial charge is 0.110 e. The maximum atomic E-state index is 4.59. The molecule has 2 aromatic rings. The van der Waals surface area contributed by atoms with E-state index in [1.807, 2.05) is 6.20 Å². The van der Waals surface area contributed by atoms with Gasteiger partial charge in [-0.25, -0.2) is 4.98 Å². The molecule has 1 aromatic carbocycles. The minimum atomic E-state index is 0.435. The first-order chi connectivity index (χ1) is 9.84. The topological polar surface area (TPSA) is 16.1 Å². The lowest BCUT2D eigenvalue weighted by atomic mass is 9.99. The van der Waals surface area contributed by atoms with E-state index in [1.54, 1.807) is 11.3 Å². The van der Waals surface area contributed by atoms with Crippen molar-refractivity contribution in [2.75, 3.05) is 0 Å². The van der Waals surface area contributed by atoms with Gasteiger partial charge in [-0.3, -0.25) is 4.90 Å². The van der Waals surface area contributed by atoms with Gasteiger partial charge in [0.25, 0.3) is 0 Å². The number of fused-ring (bicyclic) bond motifs is 2. The molecule has 1 aliphatic heterocycles. The fourth-order valence-corrected chi connectivity index (χ4v) is 4.53. The molecule has 0 amide bonds. The molecule has 0 radical (unpaired) electrons. The van der Waals surface area contributed by atoms with Crippen LogP contribution in [0.4, 0.5) is 0 Å². The van der Waals surface area contributed by atoms with Crippen LogP contribution in [0.2, 0.25) is 0 Å². The lowest BCUT2D eigenvalue weighted by Gasteiger charge is -2.36. The number of hydrogen-bond donors (Lipinski definition) is 0. The number of aromatic nitrogens is 1. The molecule has 3 heteroatoms. The maximum absolute atomic E-state index is 4.59. The number of thiazole rings is 1. The van der Waals surface area contributed by atoms with Crippen molar-refractivity contribution >= 4 is 11.3 Å². The Hall–Kier alpha value is -1.45. The molecule has 2 aliphatic rings. The van der Waals surface area contributed by atoms with Gasteiger partial charge >= 0.3 is 0 Å². The van der Waals surface area contributed by atoms with Crippen molar-refractivity contribution in [1.82, 2.24) is 9.88 Å². The molecule has 1 fully saturated rings. The van der Waals surface area contributed by atoms with Gasteiger partial charge in [-0.05, 0) is 18.9 Å². The van der Waals surface area contributed by atoms with Gasteiger partial charge in [0.2, 0.25) is 0 Å². The highest BCUT2D eigenvalue weighted by Crippen LogP contribution is 2.50. The van der Waals surface area contributed by atoms with Crippen molar-refractivity contribution in [1.29, 1.82) is 0 Å². The van der Waals surface area contributed by atoms with Crippen molar-refractivity contribution in [3.63, 3.8) is 0 Å². The Balaban J connectivity index is 1.71. The second kappa shape index (κ2) is 4.83. The average Bonchev–Trinajstić information content (AvgIpc) is 3.22. The van der Waals surface area contributed by atoms with Crippen molar-refractivity contribution in [3.8, 4) is 0 Å². The third-order valence-corrected chi connectivity index (χ3v) is 5.48. The molecule has 0 N–H and O–H groups in total. The molecule has 2 heterocycles. The number of hydrogen-bond acceptors (Lipinski definition) is 3. The fourth-order valence-electron chi connectivity index (χ4n) is 3.71. The zero-order valence-electron chi connectivity index (χ0n) is 11.5. The van der Waals surface area contributed by atoms with Gasteiger partial charge < -0.3 is 0 Å². The molecule has 0 spiro atoms. The van der Waals surface area contributed by atoms with Crippen LogP contribution in [0, 0.1) is 5.92 Å². The van der Waals surface area contributed by atoms with E-state index in [2.05, 4.69) is 64.7 Å². The third-order valence-electron chi connectivity index (χ3n) is 4.64. The second-order valence-corrected chi connectivity index (χ2v) is 6.63. The van der Waals surface area contributed by atoms with Gasteiger partial charge in [-0.1, -0.05) is 42.5 Å². The van der Waals surface area contributed by atoms with E-state index in [0.29, 0.717) is 24.0 Å². The predicted octanol–water partition coefficient (Wildman–Crippen LogP) is 4.21. The van der Waals surface area contributed by atoms with E-state index in [0.717, 1.165) is 0 Å². The normalized spacial score (nSPS) is 29.9. The molecule has 20 heavy (non-hydrogen) atoms. The first-order valence-electron chi connectivity index (χ1n) is 7.24. The minimum absolute atomic E-state index is 0.435. The number of benzene rings is 1. The van der Waals surface area contributed by atoms with E-state index in [9.17, 15) is 0 Å². The van der Waals surface area contributed by atoms with Crippen LogP contribution in [0.5, 0.6) is 0 Å². The van der Waals surface area contributed by atoms with E-state index >= 15 is 0 Å². The molecule has 1 aliphatic carbocycles. The molecule has 102 valence electrons. The summed E-state index contributed by atoms with van der Waals surface area (Å²) >= 11 is 1.79. The van der Waals surface area contributed by atoms with Gasteiger partial charge in [0, 0.05) is 29.6 Å². The van der Waals surface area contributed by atoms with Crippen molar-refractivity contribution < 1.29 is 0 Å². The fraction of sp³-hybridized carbons (Fsp3) is 0.353. The summed E-state index contributed by atoms with van der Waals surface area (Å²) in [5.41, 5.74) is 1.40. The standard InChI is InChI=1S/C17H18N2S/c1-12(13-5-3-2-4-6-13)19-15-8-7-14(11-15)16(19)17-18-9-10-20-17/h2-10,12,14-16H,11H2,1H3/t12-,14+,15-,16+/m0/s1. The van der Waals surface area contributed by atoms with Gasteiger partial charge in [0.15, 0.2) is 0 Å². The summed E-state index contributed by atoms with van der Waals surface area (Å²) in [5, 5.41) is 3.36. The number of nitrogens with zero attached hydrogens (tertiary/aromatic N) is 2. The first-order valence-corrected chi connectivity index (χ1v) is 8.12. The maximum Gasteiger partial charge on any atom is 0.110 e. The SMILES string of the molecule is C[C@@H](c1ccccc1)N1[C@H]2C=C[C@H](C2)[C@@H]1c1nccs1. The van der Waals surface area contributed by atoms with Crippen LogP contribution >= 0.6 is 11.3 Å². The highest BCUT2D eigenvalue weighted by Gasteiger charge is 2.46. The summed E-state index contributed by atoms with van der Waals surface area (Å²) in [6, 6.07) is 12.3. The van der Waals surface area contributed by atoms with E-state index in [-0.39, 0.29) is 0 Å². The third kappa shape index (κ3) is 1.85. The summed E-state index contributed by atoms with van der Waals surface area (Å²) in [5.74, 6) is 0.636. The van der Waals surface area contributed by atoms with Crippen molar-refractivity contribution in [3.05, 3.63) is 64.6 Å². The Kier molecular flexibility index (Phi) is 2.97. The first kappa shape index (κ1) is 12.3. The lowest BCUT2D eigenvalue weighted by molar-refractivity contribution is 0.145. The van der Waals surface area contributed by atoms with Crippen molar-refractivity contribution in [2.24, 2.45) is 5.92 Å². The Morgan fingerprint density at radius 3 is 2.85 bits per heavy atom. The molecule has 2 bridgehead atoms. The van der Waals surface area contributed by atoms with Crippen molar-refractivity contribution in [2.45, 2.75) is 31.5 Å². The van der Waals surface area contributed by atoms with Crippen LogP contribution in [0.3, 0.4) is 0 Å².